The van der Waals surface area contributed by atoms with E-state index in [1.165, 1.54) is 17.0 Å². The number of allylic oxidation sites excluding steroid dienone is 3. The summed E-state index contributed by atoms with van der Waals surface area (Å²) in [6, 6.07) is 14.1. The van der Waals surface area contributed by atoms with Crippen molar-refractivity contribution in [3.63, 3.8) is 0 Å². The van der Waals surface area contributed by atoms with E-state index in [1.807, 2.05) is 93.5 Å². The summed E-state index contributed by atoms with van der Waals surface area (Å²) in [5.74, 6) is -0.000599. The van der Waals surface area contributed by atoms with Gasteiger partial charge in [0.15, 0.2) is 23.1 Å². The molecule has 3 aliphatic rings. The first-order valence-corrected chi connectivity index (χ1v) is 52.2. The van der Waals surface area contributed by atoms with Crippen molar-refractivity contribution < 1.29 is 71.3 Å². The van der Waals surface area contributed by atoms with E-state index >= 15 is 0 Å². The smallest absolute Gasteiger partial charge is 0.340 e. The zero-order valence-electron chi connectivity index (χ0n) is 78.2. The molecule has 0 saturated carbocycles. The molecule has 0 bridgehead atoms. The third-order valence-electron chi connectivity index (χ3n) is 21.1. The molecule has 0 aliphatic carbocycles. The Bertz CT molecular complexity index is 3540. The van der Waals surface area contributed by atoms with Crippen LogP contribution in [-0.2, 0) is 67.4 Å². The number of nitrogens with two attached hydrogens (primary N) is 1. The monoisotopic (exact) mass is 1710 g/mol. The van der Waals surface area contributed by atoms with Crippen LogP contribution in [0.4, 0.5) is 11.4 Å². The molecule has 2 aromatic carbocycles. The maximum Gasteiger partial charge on any atom is 0.340 e. The van der Waals surface area contributed by atoms with Crippen LogP contribution < -0.4 is 11.1 Å². The number of nitrogen functional groups attached to an aromatic ring is 1. The quantitative estimate of drug-likeness (QED) is 0.00958. The number of hydrogen-bond donors (Lipinski definition) is 3. The molecule has 3 aliphatic heterocycles. The average molecular weight is 1710 g/mol. The first-order valence-electron chi connectivity index (χ1n) is 42.1. The van der Waals surface area contributed by atoms with E-state index in [1.54, 1.807) is 14.2 Å². The van der Waals surface area contributed by atoms with Gasteiger partial charge in [0.05, 0.1) is 73.7 Å². The summed E-state index contributed by atoms with van der Waals surface area (Å²) in [7, 11) is 2.18. The van der Waals surface area contributed by atoms with Gasteiger partial charge in [0.2, 0.25) is 11.1 Å². The van der Waals surface area contributed by atoms with Crippen LogP contribution in [0.1, 0.15) is 244 Å². The SMILES string of the molecule is COPC[C@H](C)[C@H](C)/C=C\C(C)[C@H]1OC(C)(C)O[C@H]1CC(=O)Cl.COPC[C@H](C)[C@H](C)/C=C\C(C)[C@H]1OC(C)(C)O[C@H]1CC(=O)O.Cc1cc(C(C)(C)C)nc(C(C)(C)C)c1.Cc1cc(C)c(C(=O)CCC[Si](C)(C)C)c(NC(=O)C[C@@H]2OC(C)(C)O[C@@H]2C(C)/C=C\[C@@H](C)C(C)C)c1.Cc1cc(C)c(C(=O)OCC[Si](C)(C)C)c(N)c1. The summed E-state index contributed by atoms with van der Waals surface area (Å²) >= 11 is 5.53. The molecular formula is C93H158ClN3O15P2Si2. The number of amides is 1. The lowest BCUT2D eigenvalue weighted by Crippen LogP contribution is -2.32. The molecule has 116 heavy (non-hydrogen) atoms. The fourth-order valence-corrected chi connectivity index (χ4v) is 17.2. The van der Waals surface area contributed by atoms with Gasteiger partial charge in [-0.2, -0.15) is 0 Å². The van der Waals surface area contributed by atoms with Gasteiger partial charge in [-0.15, -0.1) is 0 Å². The maximum absolute atomic E-state index is 13.3. The summed E-state index contributed by atoms with van der Waals surface area (Å²) in [6.45, 7) is 70.3. The number of aliphatic carboxylic acids is 1. The summed E-state index contributed by atoms with van der Waals surface area (Å²) in [6.07, 6.45) is 15.3. The maximum atomic E-state index is 13.3. The highest BCUT2D eigenvalue weighted by molar-refractivity contribution is 7.32. The van der Waals surface area contributed by atoms with Crippen molar-refractivity contribution in [1.82, 2.24) is 4.98 Å². The van der Waals surface area contributed by atoms with Crippen molar-refractivity contribution in [2.24, 2.45) is 53.3 Å². The number of ether oxygens (including phenoxy) is 7. The van der Waals surface area contributed by atoms with Crippen LogP contribution in [0, 0.1) is 87.9 Å². The van der Waals surface area contributed by atoms with E-state index in [-0.39, 0.29) is 101 Å². The molecule has 5 unspecified atom stereocenters. The van der Waals surface area contributed by atoms with Gasteiger partial charge in [-0.3, -0.25) is 24.2 Å². The lowest BCUT2D eigenvalue weighted by atomic mass is 9.87. The van der Waals surface area contributed by atoms with E-state index in [9.17, 15) is 24.0 Å². The Morgan fingerprint density at radius 2 is 0.931 bits per heavy atom. The van der Waals surface area contributed by atoms with E-state index in [4.69, 9.17) is 69.6 Å². The van der Waals surface area contributed by atoms with Gasteiger partial charge in [0.1, 0.15) is 0 Å². The summed E-state index contributed by atoms with van der Waals surface area (Å²) in [5, 5.41) is 11.7. The molecule has 0 radical (unpaired) electrons. The number of halogens is 1. The number of nitrogens with zero attached hydrogens (tertiary/aromatic N) is 1. The number of aromatic nitrogens is 1. The number of benzene rings is 2. The molecule has 23 heteroatoms. The second-order valence-electron chi connectivity index (χ2n) is 39.2. The molecule has 660 valence electrons. The van der Waals surface area contributed by atoms with Crippen LogP contribution in [-0.4, -0.2) is 142 Å². The number of esters is 1. The summed E-state index contributed by atoms with van der Waals surface area (Å²) in [4.78, 5) is 65.5. The number of carbonyl (C=O) groups is 5. The molecule has 18 nitrogen and oxygen atoms in total. The predicted molar refractivity (Wildman–Crippen MR) is 491 cm³/mol. The average Bonchev–Trinajstić information content (AvgIpc) is 1.51. The van der Waals surface area contributed by atoms with Crippen LogP contribution in [0.5, 0.6) is 0 Å². The second-order valence-corrected chi connectivity index (χ2v) is 53.1. The van der Waals surface area contributed by atoms with Crippen molar-refractivity contribution in [3.8, 4) is 0 Å². The minimum absolute atomic E-state index is 0.0345. The summed E-state index contributed by atoms with van der Waals surface area (Å²) < 4.78 is 51.5. The number of aryl methyl sites for hydroxylation is 5. The zero-order valence-corrected chi connectivity index (χ0v) is 83.0. The Morgan fingerprint density at radius 1 is 0.552 bits per heavy atom. The fraction of sp³-hybridized carbons (Fsp3) is 0.699. The van der Waals surface area contributed by atoms with Gasteiger partial charge in [-0.25, -0.2) is 4.79 Å². The number of anilines is 2. The molecule has 4 heterocycles. The second kappa shape index (κ2) is 48.5. The van der Waals surface area contributed by atoms with Gasteiger partial charge < -0.3 is 58.4 Å². The number of carboxylic acids is 1. The van der Waals surface area contributed by atoms with Gasteiger partial charge >= 0.3 is 11.9 Å². The minimum Gasteiger partial charge on any atom is -0.481 e. The number of pyridine rings is 1. The highest BCUT2D eigenvalue weighted by atomic mass is 35.5. The normalized spacial score (nSPS) is 21.6. The first kappa shape index (κ1) is 108. The first-order chi connectivity index (χ1) is 53.1. The molecule has 16 atom stereocenters. The van der Waals surface area contributed by atoms with Gasteiger partial charge in [-0.1, -0.05) is 205 Å². The van der Waals surface area contributed by atoms with E-state index in [0.717, 1.165) is 53.1 Å². The molecule has 1 aromatic heterocycles. The lowest BCUT2D eigenvalue weighted by Gasteiger charge is -2.24. The van der Waals surface area contributed by atoms with Crippen molar-refractivity contribution >= 4 is 85.6 Å². The number of rotatable bonds is 34. The Morgan fingerprint density at radius 3 is 1.30 bits per heavy atom. The minimum atomic E-state index is -1.21. The highest BCUT2D eigenvalue weighted by Crippen LogP contribution is 2.39. The molecule has 0 spiro atoms. The van der Waals surface area contributed by atoms with Crippen LogP contribution in [0.3, 0.4) is 0 Å². The van der Waals surface area contributed by atoms with E-state index in [2.05, 4.69) is 211 Å². The van der Waals surface area contributed by atoms with Crippen LogP contribution in [0.2, 0.25) is 51.4 Å². The zero-order chi connectivity index (χ0) is 89.1. The van der Waals surface area contributed by atoms with Crippen molar-refractivity contribution in [3.05, 3.63) is 123 Å². The molecule has 4 N–H and O–H groups in total. The number of nitrogens with one attached hydrogen (secondary N) is 1. The number of carbonyl (C=O) groups excluding carboxylic acids is 4. The molecule has 3 saturated heterocycles. The van der Waals surface area contributed by atoms with Gasteiger partial charge in [0, 0.05) is 106 Å². The van der Waals surface area contributed by atoms with Crippen LogP contribution in [0.15, 0.2) is 72.9 Å². The molecular weight excluding hydrogens is 1550 g/mol. The Kier molecular flexibility index (Phi) is 45.0. The largest absolute Gasteiger partial charge is 0.481 e. The Balaban J connectivity index is 0.000000510. The van der Waals surface area contributed by atoms with E-state index < -0.39 is 45.6 Å². The van der Waals surface area contributed by atoms with Crippen LogP contribution in [0.25, 0.3) is 0 Å². The van der Waals surface area contributed by atoms with Crippen molar-refractivity contribution in [2.45, 2.75) is 335 Å². The Labute approximate surface area is 713 Å². The fourth-order valence-electron chi connectivity index (χ4n) is 13.5. The van der Waals surface area contributed by atoms with Crippen molar-refractivity contribution in [1.29, 1.82) is 0 Å². The molecule has 1 amide bonds. The predicted octanol–water partition coefficient (Wildman–Crippen LogP) is 23.4. The van der Waals surface area contributed by atoms with Crippen LogP contribution >= 0.6 is 29.2 Å². The third kappa shape index (κ3) is 40.5. The Hall–Kier alpha value is -4.38. The number of hydrogen-bond acceptors (Lipinski definition) is 16. The number of carboxylic acid groups (broad SMARTS) is 1. The van der Waals surface area contributed by atoms with Gasteiger partial charge in [0.25, 0.3) is 0 Å². The third-order valence-corrected chi connectivity index (χ3v) is 27.0. The lowest BCUT2D eigenvalue weighted by molar-refractivity contribution is -0.154. The molecule has 3 aromatic rings. The molecule has 3 fully saturated rings. The number of Topliss-reactive ketones (excluding diaryl/α,β-unsaturated/α-hetero) is 1. The van der Waals surface area contributed by atoms with Crippen molar-refractivity contribution in [2.75, 3.05) is 44.2 Å². The standard InChI is InChI=1S/C31H51NO4Si.C17H30ClO4P.C17H31O5P.C14H23NO2Si.C14H23N/c1-20(2)22(4)14-15-23(5)30-27(35-31(7,8)36-30)19-28(34)32-25-18-21(3)17-24(6)29(25)26(33)13-12-16-37(9,10)11;2*1-11(13(3)10-23-20-6)7-8-12(2)16-14(9-15(18)19)21-17(4,5)22-16;1-10-8-11(2)13(12(15)9-10)14(16)17-6-7-18(3,4)5;1-10-8-11(13(2,3)4)15-12(9-10)14(5,6)7/h14-15,17-18,20,22-23,27,30H,12-13,16,19H2,1-11H3,(H,32,34);7-8,11-14,16,23H,9-10H2,1-6H3;7-8,11-14,16,23H,9-10H2,1-6H3,(H,18,19);8-9H,6-7,15H2,1-5H3;8-9H,1-7H3/b15-14-;2*8-7-;;/t22-,23?,27+,30-;2*11-,12?,13+,14+,16-;;/m111../s1. The summed E-state index contributed by atoms with van der Waals surface area (Å²) in [5.41, 5.74) is 15.9. The number of ketones is 1. The van der Waals surface area contributed by atoms with Gasteiger partial charge in [-0.05, 0) is 200 Å². The topological polar surface area (TPSA) is 240 Å². The highest BCUT2D eigenvalue weighted by Gasteiger charge is 2.47. The molecule has 6 rings (SSSR count). The van der Waals surface area contributed by atoms with E-state index in [0.29, 0.717) is 88.7 Å².